The van der Waals surface area contributed by atoms with E-state index < -0.39 is 15.1 Å². The quantitative estimate of drug-likeness (QED) is 0.281. The van der Waals surface area contributed by atoms with Crippen LogP contribution in [-0.2, 0) is 26.5 Å². The van der Waals surface area contributed by atoms with Gasteiger partial charge in [-0.2, -0.15) is 5.10 Å². The zero-order chi connectivity index (χ0) is 29.5. The first-order chi connectivity index (χ1) is 19.3. The number of benzene rings is 2. The highest BCUT2D eigenvalue weighted by atomic mass is 32.2. The smallest absolute Gasteiger partial charge is 0.230 e. The van der Waals surface area contributed by atoms with Gasteiger partial charge in [0, 0.05) is 22.7 Å². The molecule has 3 heterocycles. The molecule has 1 amide bonds. The summed E-state index contributed by atoms with van der Waals surface area (Å²) in [5, 5.41) is 11.7. The van der Waals surface area contributed by atoms with E-state index >= 15 is 0 Å². The molecule has 5 rings (SSSR count). The van der Waals surface area contributed by atoms with Gasteiger partial charge in [0.15, 0.2) is 15.5 Å². The number of nitrogens with zero attached hydrogens (tertiary/aromatic N) is 5. The first-order valence-electron chi connectivity index (χ1n) is 13.0. The molecule has 212 valence electrons. The fraction of sp³-hybridized carbons (Fsp3) is 0.276. The largest absolute Gasteiger partial charge is 0.383 e. The van der Waals surface area contributed by atoms with Crippen LogP contribution in [0.1, 0.15) is 46.1 Å². The van der Waals surface area contributed by atoms with E-state index in [1.165, 1.54) is 6.33 Å². The molecule has 5 aromatic rings. The monoisotopic (exact) mass is 573 g/mol. The van der Waals surface area contributed by atoms with Crippen LogP contribution < -0.4 is 11.1 Å². The van der Waals surface area contributed by atoms with Gasteiger partial charge in [-0.05, 0) is 50.2 Å². The van der Waals surface area contributed by atoms with Gasteiger partial charge in [0.25, 0.3) is 0 Å². The zero-order valence-electron chi connectivity index (χ0n) is 23.4. The molecule has 0 spiro atoms. The molecule has 0 aliphatic rings. The van der Waals surface area contributed by atoms with Crippen LogP contribution in [0.5, 0.6) is 0 Å². The minimum absolute atomic E-state index is 0.0853. The second kappa shape index (κ2) is 10.4. The summed E-state index contributed by atoms with van der Waals surface area (Å²) in [6.07, 6.45) is 1.45. The number of aromatic nitrogens is 5. The minimum atomic E-state index is -3.41. The van der Waals surface area contributed by atoms with Crippen molar-refractivity contribution in [2.75, 3.05) is 11.1 Å². The highest BCUT2D eigenvalue weighted by Gasteiger charge is 2.22. The molecule has 3 aromatic heterocycles. The van der Waals surface area contributed by atoms with Gasteiger partial charge in [-0.1, -0.05) is 38.1 Å². The lowest BCUT2D eigenvalue weighted by Gasteiger charge is -2.12. The molecule has 0 unspecified atom stereocenters. The number of nitrogens with one attached hydrogen (secondary N) is 1. The average Bonchev–Trinajstić information content (AvgIpc) is 3.55. The number of hydrogen-bond acceptors (Lipinski definition) is 9. The maximum Gasteiger partial charge on any atom is 0.230 e. The lowest BCUT2D eigenvalue weighted by molar-refractivity contribution is -0.115. The number of carbonyl (C=O) groups is 1. The molecule has 0 saturated heterocycles. The number of amides is 1. The SMILES string of the molecule is CC(C)S(=O)(=O)c1ccc(-c2nn(-c3ccc(NC(=O)Cc4cc(C(C)(C)C)on4)cc3)c3ncnc(N)c23)cc1. The number of hydrogen-bond donors (Lipinski definition) is 2. The zero-order valence-corrected chi connectivity index (χ0v) is 24.2. The summed E-state index contributed by atoms with van der Waals surface area (Å²) in [5.41, 5.74) is 9.57. The van der Waals surface area contributed by atoms with E-state index in [0.29, 0.717) is 39.4 Å². The van der Waals surface area contributed by atoms with Crippen molar-refractivity contribution < 1.29 is 17.7 Å². The van der Waals surface area contributed by atoms with E-state index in [9.17, 15) is 13.2 Å². The summed E-state index contributed by atoms with van der Waals surface area (Å²) in [6, 6.07) is 15.5. The van der Waals surface area contributed by atoms with Gasteiger partial charge in [-0.15, -0.1) is 0 Å². The van der Waals surface area contributed by atoms with E-state index in [-0.39, 0.29) is 28.5 Å². The molecule has 0 saturated carbocycles. The Kier molecular flexibility index (Phi) is 7.12. The number of rotatable bonds is 7. The van der Waals surface area contributed by atoms with E-state index in [1.54, 1.807) is 73.1 Å². The van der Waals surface area contributed by atoms with Crippen LogP contribution in [0, 0.1) is 0 Å². The Morgan fingerprint density at radius 2 is 1.73 bits per heavy atom. The van der Waals surface area contributed by atoms with Gasteiger partial charge < -0.3 is 15.6 Å². The third kappa shape index (κ3) is 5.55. The molecule has 11 nitrogen and oxygen atoms in total. The Hall–Kier alpha value is -4.58. The molecule has 0 radical (unpaired) electrons. The first kappa shape index (κ1) is 28.0. The predicted molar refractivity (Wildman–Crippen MR) is 156 cm³/mol. The summed E-state index contributed by atoms with van der Waals surface area (Å²) in [4.78, 5) is 21.4. The van der Waals surface area contributed by atoms with Crippen molar-refractivity contribution in [1.82, 2.24) is 24.9 Å². The summed E-state index contributed by atoms with van der Waals surface area (Å²) in [7, 11) is -3.41. The standard InChI is InChI=1S/C29H31N7O4S/c1-17(2)41(38,39)22-12-6-18(7-13-22)26-25-27(30)31-16-32-28(25)36(34-26)21-10-8-19(9-11-21)33-24(37)15-20-14-23(40-35-20)29(3,4)5/h6-14,16-17H,15H2,1-5H3,(H,33,37)(H2,30,31,32). The van der Waals surface area contributed by atoms with E-state index in [0.717, 1.165) is 5.76 Å². The normalized spacial score (nSPS) is 12.2. The Morgan fingerprint density at radius 1 is 1.05 bits per heavy atom. The Balaban J connectivity index is 1.40. The number of nitrogen functional groups attached to an aromatic ring is 1. The van der Waals surface area contributed by atoms with Crippen LogP contribution in [0.3, 0.4) is 0 Å². The number of sulfone groups is 1. The molecule has 41 heavy (non-hydrogen) atoms. The van der Waals surface area contributed by atoms with Crippen molar-refractivity contribution in [3.63, 3.8) is 0 Å². The first-order valence-corrected chi connectivity index (χ1v) is 14.6. The third-order valence-electron chi connectivity index (χ3n) is 6.61. The van der Waals surface area contributed by atoms with Crippen molar-refractivity contribution in [1.29, 1.82) is 0 Å². The van der Waals surface area contributed by atoms with Crippen LogP contribution in [0.4, 0.5) is 11.5 Å². The van der Waals surface area contributed by atoms with E-state index in [2.05, 4.69) is 20.4 Å². The summed E-state index contributed by atoms with van der Waals surface area (Å²) >= 11 is 0. The molecular weight excluding hydrogens is 542 g/mol. The van der Waals surface area contributed by atoms with E-state index in [1.807, 2.05) is 20.8 Å². The summed E-state index contributed by atoms with van der Waals surface area (Å²) < 4.78 is 32.1. The highest BCUT2D eigenvalue weighted by molar-refractivity contribution is 7.92. The molecule has 0 aliphatic carbocycles. The topological polar surface area (TPSA) is 159 Å². The molecule has 0 fully saturated rings. The predicted octanol–water partition coefficient (Wildman–Crippen LogP) is 4.71. The summed E-state index contributed by atoms with van der Waals surface area (Å²) in [6.45, 7) is 9.34. The number of nitrogens with two attached hydrogens (primary N) is 1. The molecule has 3 N–H and O–H groups in total. The molecule has 0 bridgehead atoms. The van der Waals surface area contributed by atoms with Gasteiger partial charge in [0.1, 0.15) is 23.6 Å². The second-order valence-corrected chi connectivity index (χ2v) is 13.5. The summed E-state index contributed by atoms with van der Waals surface area (Å²) in [5.74, 6) is 0.750. The van der Waals surface area contributed by atoms with Crippen LogP contribution in [0.15, 0.2) is 70.3 Å². The number of carbonyl (C=O) groups excluding carboxylic acids is 1. The van der Waals surface area contributed by atoms with Crippen molar-refractivity contribution >= 4 is 38.3 Å². The highest BCUT2D eigenvalue weighted by Crippen LogP contribution is 2.33. The molecular formula is C29H31N7O4S. The molecule has 12 heteroatoms. The minimum Gasteiger partial charge on any atom is -0.383 e. The van der Waals surface area contributed by atoms with Gasteiger partial charge in [0.2, 0.25) is 5.91 Å². The lowest BCUT2D eigenvalue weighted by atomic mass is 9.93. The maximum atomic E-state index is 12.6. The fourth-order valence-electron chi connectivity index (χ4n) is 4.24. The van der Waals surface area contributed by atoms with Gasteiger partial charge >= 0.3 is 0 Å². The number of anilines is 2. The van der Waals surface area contributed by atoms with Crippen LogP contribution >= 0.6 is 0 Å². The maximum absolute atomic E-state index is 12.6. The Bertz CT molecular complexity index is 1830. The van der Waals surface area contributed by atoms with Gasteiger partial charge in [-0.3, -0.25) is 4.79 Å². The third-order valence-corrected chi connectivity index (χ3v) is 8.78. The number of fused-ring (bicyclic) bond motifs is 1. The average molecular weight is 574 g/mol. The second-order valence-electron chi connectivity index (χ2n) is 11.0. The van der Waals surface area contributed by atoms with Crippen LogP contribution in [0.25, 0.3) is 28.0 Å². The Morgan fingerprint density at radius 3 is 2.34 bits per heavy atom. The molecule has 0 atom stereocenters. The molecule has 0 aliphatic heterocycles. The van der Waals surface area contributed by atoms with E-state index in [4.69, 9.17) is 15.4 Å². The van der Waals surface area contributed by atoms with Crippen LogP contribution in [-0.4, -0.2) is 44.5 Å². The lowest BCUT2D eigenvalue weighted by Crippen LogP contribution is -2.14. The van der Waals surface area contributed by atoms with Crippen molar-refractivity contribution in [2.24, 2.45) is 0 Å². The van der Waals surface area contributed by atoms with Gasteiger partial charge in [-0.25, -0.2) is 23.1 Å². The van der Waals surface area contributed by atoms with Crippen molar-refractivity contribution in [3.05, 3.63) is 72.4 Å². The van der Waals surface area contributed by atoms with Gasteiger partial charge in [0.05, 0.1) is 33.3 Å². The van der Waals surface area contributed by atoms with Crippen molar-refractivity contribution in [3.8, 4) is 16.9 Å². The fourth-order valence-corrected chi connectivity index (χ4v) is 5.30. The van der Waals surface area contributed by atoms with Crippen LogP contribution in [0.2, 0.25) is 0 Å². The molecule has 2 aromatic carbocycles. The Labute approximate surface area is 237 Å². The van der Waals surface area contributed by atoms with Crippen molar-refractivity contribution in [2.45, 2.75) is 56.6 Å².